The number of aryl methyl sites for hydroxylation is 1. The van der Waals surface area contributed by atoms with Crippen LogP contribution >= 0.6 is 0 Å². The third kappa shape index (κ3) is 1.72. The lowest BCUT2D eigenvalue weighted by Crippen LogP contribution is -2.25. The maximum Gasteiger partial charge on any atom is 0.149 e. The van der Waals surface area contributed by atoms with Crippen molar-refractivity contribution in [3.8, 4) is 5.75 Å². The second-order valence-electron chi connectivity index (χ2n) is 2.03. The van der Waals surface area contributed by atoms with Crippen LogP contribution in [0.25, 0.3) is 0 Å². The highest BCUT2D eigenvalue weighted by atomic mass is 16.7. The third-order valence-corrected chi connectivity index (χ3v) is 1.20. The van der Waals surface area contributed by atoms with E-state index in [0.29, 0.717) is 5.75 Å². The first kappa shape index (κ1) is 7.05. The van der Waals surface area contributed by atoms with Gasteiger partial charge in [0, 0.05) is 0 Å². The highest BCUT2D eigenvalue weighted by Gasteiger charge is 1.88. The van der Waals surface area contributed by atoms with Gasteiger partial charge in [-0.1, -0.05) is 23.3 Å². The van der Waals surface area contributed by atoms with Gasteiger partial charge in [0.05, 0.1) is 0 Å². The number of nitrogens with two attached hydrogens (primary N) is 1. The standard InChI is InChI=1S/C7H10N2O/c1-6-2-4-7(5-3-6)10-9-8/h2-5,9H,8H2,1H3. The molecule has 0 unspecified atom stereocenters. The number of nitrogens with one attached hydrogen (secondary N) is 1. The van der Waals surface area contributed by atoms with Gasteiger partial charge in [-0.15, -0.1) is 0 Å². The van der Waals surface area contributed by atoms with E-state index in [4.69, 9.17) is 10.7 Å². The van der Waals surface area contributed by atoms with E-state index in [2.05, 4.69) is 5.59 Å². The highest BCUT2D eigenvalue weighted by molar-refractivity contribution is 5.25. The van der Waals surface area contributed by atoms with Crippen LogP contribution < -0.4 is 16.3 Å². The second-order valence-corrected chi connectivity index (χ2v) is 2.03. The minimum absolute atomic E-state index is 0.716. The molecule has 0 bridgehead atoms. The van der Waals surface area contributed by atoms with Gasteiger partial charge in [0.1, 0.15) is 5.75 Å². The Balaban J connectivity index is 2.69. The molecule has 3 nitrogen and oxygen atoms in total. The Morgan fingerprint density at radius 3 is 2.40 bits per heavy atom. The number of hydrogen-bond acceptors (Lipinski definition) is 3. The molecule has 3 N–H and O–H groups in total. The van der Waals surface area contributed by atoms with Crippen LogP contribution in [0.3, 0.4) is 0 Å². The largest absolute Gasteiger partial charge is 0.394 e. The van der Waals surface area contributed by atoms with Crippen LogP contribution in [0.5, 0.6) is 5.75 Å². The smallest absolute Gasteiger partial charge is 0.149 e. The van der Waals surface area contributed by atoms with E-state index in [0.717, 1.165) is 0 Å². The lowest BCUT2D eigenvalue weighted by Gasteiger charge is -2.00. The molecule has 1 aromatic rings. The fourth-order valence-corrected chi connectivity index (χ4v) is 0.674. The van der Waals surface area contributed by atoms with Gasteiger partial charge in [-0.05, 0) is 19.1 Å². The molecular formula is C7H10N2O. The topological polar surface area (TPSA) is 47.3 Å². The summed E-state index contributed by atoms with van der Waals surface area (Å²) in [6, 6.07) is 7.59. The Morgan fingerprint density at radius 1 is 1.30 bits per heavy atom. The molecule has 0 amide bonds. The van der Waals surface area contributed by atoms with Gasteiger partial charge in [-0.3, -0.25) is 0 Å². The zero-order valence-electron chi connectivity index (χ0n) is 5.79. The predicted molar refractivity (Wildman–Crippen MR) is 39.1 cm³/mol. The first-order valence-corrected chi connectivity index (χ1v) is 3.02. The van der Waals surface area contributed by atoms with E-state index < -0.39 is 0 Å². The Kier molecular flexibility index (Phi) is 2.25. The van der Waals surface area contributed by atoms with Gasteiger partial charge in [-0.2, -0.15) is 0 Å². The number of hydrogen-bond donors (Lipinski definition) is 2. The zero-order chi connectivity index (χ0) is 7.40. The lowest BCUT2D eigenvalue weighted by atomic mass is 10.2. The number of hydrazine groups is 1. The van der Waals surface area contributed by atoms with Crippen LogP contribution in [0, 0.1) is 6.92 Å². The summed E-state index contributed by atoms with van der Waals surface area (Å²) in [5.74, 6) is 5.64. The summed E-state index contributed by atoms with van der Waals surface area (Å²) in [4.78, 5) is 4.79. The quantitative estimate of drug-likeness (QED) is 0.468. The Bertz CT molecular complexity index is 195. The zero-order valence-corrected chi connectivity index (χ0v) is 5.79. The van der Waals surface area contributed by atoms with Crippen LogP contribution in [0.4, 0.5) is 0 Å². The fraction of sp³-hybridized carbons (Fsp3) is 0.143. The van der Waals surface area contributed by atoms with Crippen LogP contribution in [-0.2, 0) is 0 Å². The average Bonchev–Trinajstić information content (AvgIpc) is 1.95. The summed E-state index contributed by atoms with van der Waals surface area (Å²) in [5.41, 5.74) is 3.30. The molecule has 0 aromatic heterocycles. The predicted octanol–water partition coefficient (Wildman–Crippen LogP) is 0.752. The van der Waals surface area contributed by atoms with Crippen molar-refractivity contribution in [3.63, 3.8) is 0 Å². The van der Waals surface area contributed by atoms with E-state index in [1.807, 2.05) is 31.2 Å². The molecule has 1 aromatic carbocycles. The molecule has 0 radical (unpaired) electrons. The molecule has 0 atom stereocenters. The molecule has 0 spiro atoms. The first-order valence-electron chi connectivity index (χ1n) is 3.02. The van der Waals surface area contributed by atoms with Gasteiger partial charge in [-0.25, -0.2) is 5.84 Å². The monoisotopic (exact) mass is 138 g/mol. The van der Waals surface area contributed by atoms with Crippen molar-refractivity contribution in [1.29, 1.82) is 0 Å². The number of benzene rings is 1. The first-order chi connectivity index (χ1) is 4.83. The summed E-state index contributed by atoms with van der Waals surface area (Å²) in [7, 11) is 0. The minimum Gasteiger partial charge on any atom is -0.394 e. The Labute approximate surface area is 59.7 Å². The van der Waals surface area contributed by atoms with E-state index in [1.54, 1.807) is 0 Å². The van der Waals surface area contributed by atoms with E-state index in [1.165, 1.54) is 5.56 Å². The Morgan fingerprint density at radius 2 is 1.90 bits per heavy atom. The molecule has 0 aliphatic heterocycles. The molecule has 54 valence electrons. The van der Waals surface area contributed by atoms with E-state index in [-0.39, 0.29) is 0 Å². The summed E-state index contributed by atoms with van der Waals surface area (Å²) < 4.78 is 0. The van der Waals surface area contributed by atoms with Crippen molar-refractivity contribution >= 4 is 0 Å². The lowest BCUT2D eigenvalue weighted by molar-refractivity contribution is 0.199. The van der Waals surface area contributed by atoms with Gasteiger partial charge in [0.25, 0.3) is 0 Å². The summed E-state index contributed by atoms with van der Waals surface area (Å²) in [5, 5.41) is 0. The van der Waals surface area contributed by atoms with E-state index >= 15 is 0 Å². The van der Waals surface area contributed by atoms with Crippen molar-refractivity contribution in [2.24, 2.45) is 5.84 Å². The fourth-order valence-electron chi connectivity index (χ4n) is 0.674. The maximum atomic E-state index is 4.93. The second kappa shape index (κ2) is 3.20. The van der Waals surface area contributed by atoms with Gasteiger partial charge >= 0.3 is 0 Å². The van der Waals surface area contributed by atoms with Crippen molar-refractivity contribution in [2.75, 3.05) is 0 Å². The molecule has 1 rings (SSSR count). The molecule has 0 fully saturated rings. The number of rotatable bonds is 2. The minimum atomic E-state index is 0.716. The van der Waals surface area contributed by atoms with Crippen LogP contribution in [-0.4, -0.2) is 0 Å². The summed E-state index contributed by atoms with van der Waals surface area (Å²) in [6.07, 6.45) is 0. The van der Waals surface area contributed by atoms with Crippen molar-refractivity contribution in [1.82, 2.24) is 5.59 Å². The highest BCUT2D eigenvalue weighted by Crippen LogP contribution is 2.09. The molecular weight excluding hydrogens is 128 g/mol. The van der Waals surface area contributed by atoms with E-state index in [9.17, 15) is 0 Å². The molecule has 10 heavy (non-hydrogen) atoms. The van der Waals surface area contributed by atoms with Crippen molar-refractivity contribution in [3.05, 3.63) is 29.8 Å². The SMILES string of the molecule is Cc1ccc(ONN)cc1. The normalized spacial score (nSPS) is 9.40. The summed E-state index contributed by atoms with van der Waals surface area (Å²) in [6.45, 7) is 2.01. The van der Waals surface area contributed by atoms with Crippen molar-refractivity contribution in [2.45, 2.75) is 6.92 Å². The molecule has 0 aliphatic rings. The Hall–Kier alpha value is -1.06. The van der Waals surface area contributed by atoms with Gasteiger partial charge in [0.15, 0.2) is 0 Å². The molecule has 3 heteroatoms. The van der Waals surface area contributed by atoms with Crippen LogP contribution in [0.2, 0.25) is 0 Å². The van der Waals surface area contributed by atoms with Crippen LogP contribution in [0.1, 0.15) is 5.56 Å². The molecule has 0 heterocycles. The average molecular weight is 138 g/mol. The van der Waals surface area contributed by atoms with Gasteiger partial charge < -0.3 is 4.84 Å². The van der Waals surface area contributed by atoms with Gasteiger partial charge in [0.2, 0.25) is 0 Å². The van der Waals surface area contributed by atoms with Crippen molar-refractivity contribution < 1.29 is 4.84 Å². The molecule has 0 aliphatic carbocycles. The van der Waals surface area contributed by atoms with Crippen LogP contribution in [0.15, 0.2) is 24.3 Å². The maximum absolute atomic E-state index is 4.93. The third-order valence-electron chi connectivity index (χ3n) is 1.20. The molecule has 0 saturated heterocycles. The molecule has 0 saturated carbocycles. The summed E-state index contributed by atoms with van der Waals surface area (Å²) >= 11 is 0.